The zero-order chi connectivity index (χ0) is 55.5. The maximum atomic E-state index is 14.3. The number of hydrogen-bond donors (Lipinski definition) is 14. The zero-order valence-electron chi connectivity index (χ0n) is 43.4. The number of rotatable bonds is 20. The molecule has 75 heavy (non-hydrogen) atoms. The van der Waals surface area contributed by atoms with Crippen LogP contribution in [0.5, 0.6) is 5.75 Å². The van der Waals surface area contributed by atoms with Crippen molar-refractivity contribution < 1.29 is 79.5 Å². The van der Waals surface area contributed by atoms with Gasteiger partial charge in [-0.05, 0) is 70.1 Å². The van der Waals surface area contributed by atoms with Crippen LogP contribution in [0.15, 0.2) is 48.6 Å². The lowest BCUT2D eigenvalue weighted by Crippen LogP contribution is -2.64. The average Bonchev–Trinajstić information content (AvgIpc) is 3.91. The number of carbonyl (C=O) groups is 7. The van der Waals surface area contributed by atoms with Crippen LogP contribution in [0, 0.1) is 5.92 Å². The van der Waals surface area contributed by atoms with E-state index >= 15 is 0 Å². The summed E-state index contributed by atoms with van der Waals surface area (Å²) in [5.74, 6) is -8.97. The Morgan fingerprint density at radius 2 is 1.24 bits per heavy atom. The van der Waals surface area contributed by atoms with Gasteiger partial charge in [0.2, 0.25) is 41.4 Å². The van der Waals surface area contributed by atoms with Crippen molar-refractivity contribution in [3.05, 3.63) is 54.1 Å². The minimum atomic E-state index is -2.27. The Kier molecular flexibility index (Phi) is 25.0. The number of nitrogens with one attached hydrogen (secondary N) is 5. The van der Waals surface area contributed by atoms with E-state index < -0.39 is 152 Å². The van der Waals surface area contributed by atoms with Gasteiger partial charge in [-0.15, -0.1) is 0 Å². The molecule has 3 saturated heterocycles. The van der Waals surface area contributed by atoms with Crippen molar-refractivity contribution >= 4 is 41.4 Å². The molecule has 0 spiro atoms. The standard InChI is InChI=1S/C52H81N7O16/c1-5-6-7-8-9-10-11-12-13-14-15-16-17-18-19-20-38(65)53-35-26-37(64)48(71)57-50(73)42-43(66)29(2)27-59(42)52(75)40(31(4)61)55-49(72)41(45(68)44(67)32-21-23-33(62)24-22-32)56-47(70)36-25-34(63)28-58(36)51(74)39(30(3)60)54-46(35)69/h9-10,12-13,21-24,29-31,34-37,39-45,48,60-64,66-68,71H,5-8,11,14-20,25-28H2,1-4H3,(H,53,65)(H,54,69)(H,55,72)(H,56,70)(H,57,73)/b10-9-,13-12-/t29-,30+,31+,34+,35-,36-,37+,39-,40-,41-,42-,43-,44-,45-,48-/m0/s1. The predicted octanol–water partition coefficient (Wildman–Crippen LogP) is -1.33. The van der Waals surface area contributed by atoms with Gasteiger partial charge in [0.1, 0.15) is 60.3 Å². The van der Waals surface area contributed by atoms with E-state index in [2.05, 4.69) is 57.8 Å². The first-order valence-electron chi connectivity index (χ1n) is 26.2. The lowest BCUT2D eigenvalue weighted by molar-refractivity contribution is -0.148. The number of unbranched alkanes of at least 4 members (excludes halogenated alkanes) is 8. The molecule has 14 N–H and O–H groups in total. The molecular formula is C52H81N7O16. The zero-order valence-corrected chi connectivity index (χ0v) is 43.4. The predicted molar refractivity (Wildman–Crippen MR) is 271 cm³/mol. The van der Waals surface area contributed by atoms with Crippen molar-refractivity contribution in [3.8, 4) is 5.75 Å². The van der Waals surface area contributed by atoms with Crippen molar-refractivity contribution in [2.45, 2.75) is 203 Å². The largest absolute Gasteiger partial charge is 0.508 e. The summed E-state index contributed by atoms with van der Waals surface area (Å²) in [5, 5.41) is 110. The molecule has 1 aromatic rings. The molecule has 0 bridgehead atoms. The van der Waals surface area contributed by atoms with E-state index in [9.17, 15) is 79.5 Å². The Labute approximate surface area is 437 Å². The first-order chi connectivity index (χ1) is 35.6. The molecule has 0 saturated carbocycles. The van der Waals surface area contributed by atoms with E-state index in [1.165, 1.54) is 38.3 Å². The molecule has 1 aromatic carbocycles. The highest BCUT2D eigenvalue weighted by Gasteiger charge is 2.50. The number of aromatic hydroxyl groups is 1. The van der Waals surface area contributed by atoms with Crippen LogP contribution in [-0.2, 0) is 33.6 Å². The molecular weight excluding hydrogens is 979 g/mol. The van der Waals surface area contributed by atoms with E-state index in [-0.39, 0.29) is 24.3 Å². The third-order valence-electron chi connectivity index (χ3n) is 13.9. The Bertz CT molecular complexity index is 2110. The summed E-state index contributed by atoms with van der Waals surface area (Å²) >= 11 is 0. The fourth-order valence-corrected chi connectivity index (χ4v) is 9.39. The lowest BCUT2D eigenvalue weighted by atomic mass is 9.96. The van der Waals surface area contributed by atoms with Crippen molar-refractivity contribution in [2.24, 2.45) is 5.92 Å². The summed E-state index contributed by atoms with van der Waals surface area (Å²) in [4.78, 5) is 100. The number of fused-ring (bicyclic) bond motifs is 2. The van der Waals surface area contributed by atoms with E-state index in [1.54, 1.807) is 0 Å². The molecule has 3 fully saturated rings. The monoisotopic (exact) mass is 1060 g/mol. The number of benzene rings is 1. The van der Waals surface area contributed by atoms with Gasteiger partial charge in [-0.2, -0.15) is 0 Å². The van der Waals surface area contributed by atoms with Gasteiger partial charge in [0.25, 0.3) is 0 Å². The number of phenols is 1. The van der Waals surface area contributed by atoms with Gasteiger partial charge in [-0.1, -0.05) is 82.4 Å². The molecule has 4 rings (SSSR count). The number of aliphatic hydroxyl groups is 8. The Hall–Kier alpha value is -5.53. The van der Waals surface area contributed by atoms with Gasteiger partial charge >= 0.3 is 0 Å². The number of hydrogen-bond acceptors (Lipinski definition) is 16. The molecule has 15 atom stereocenters. The average molecular weight is 1060 g/mol. The van der Waals surface area contributed by atoms with Crippen molar-refractivity contribution in [2.75, 3.05) is 13.1 Å². The van der Waals surface area contributed by atoms with Crippen LogP contribution in [0.25, 0.3) is 0 Å². The number of phenolic OH excluding ortho intramolecular Hbond substituents is 1. The minimum Gasteiger partial charge on any atom is -0.508 e. The van der Waals surface area contributed by atoms with Crippen LogP contribution in [0.4, 0.5) is 0 Å². The second-order valence-corrected chi connectivity index (χ2v) is 20.1. The Morgan fingerprint density at radius 1 is 0.680 bits per heavy atom. The van der Waals surface area contributed by atoms with E-state index in [4.69, 9.17) is 0 Å². The normalized spacial score (nSPS) is 29.4. The van der Waals surface area contributed by atoms with E-state index in [0.29, 0.717) is 12.8 Å². The Balaban J connectivity index is 1.62. The van der Waals surface area contributed by atoms with Crippen LogP contribution in [0.2, 0.25) is 0 Å². The van der Waals surface area contributed by atoms with Crippen molar-refractivity contribution in [1.82, 2.24) is 36.4 Å². The van der Waals surface area contributed by atoms with E-state index in [1.807, 2.05) is 0 Å². The summed E-state index contributed by atoms with van der Waals surface area (Å²) in [6.07, 6.45) is 2.50. The molecule has 23 heteroatoms. The van der Waals surface area contributed by atoms with Crippen molar-refractivity contribution in [1.29, 1.82) is 0 Å². The highest BCUT2D eigenvalue weighted by atomic mass is 16.3. The highest BCUT2D eigenvalue weighted by Crippen LogP contribution is 2.28. The van der Waals surface area contributed by atoms with Crippen LogP contribution in [0.3, 0.4) is 0 Å². The number of allylic oxidation sites excluding steroid dienone is 4. The van der Waals surface area contributed by atoms with Crippen LogP contribution >= 0.6 is 0 Å². The summed E-state index contributed by atoms with van der Waals surface area (Å²) in [5.41, 5.74) is -0.0614. The molecule has 3 aliphatic heterocycles. The molecule has 3 heterocycles. The molecule has 0 unspecified atom stereocenters. The number of amides is 7. The molecule has 0 aliphatic carbocycles. The quantitative estimate of drug-likeness (QED) is 0.0531. The van der Waals surface area contributed by atoms with Gasteiger partial charge in [-0.3, -0.25) is 33.6 Å². The maximum Gasteiger partial charge on any atom is 0.248 e. The van der Waals surface area contributed by atoms with Crippen LogP contribution in [0.1, 0.15) is 129 Å². The van der Waals surface area contributed by atoms with Gasteiger partial charge in [0.05, 0.1) is 24.4 Å². The molecule has 23 nitrogen and oxygen atoms in total. The van der Waals surface area contributed by atoms with Gasteiger partial charge in [0, 0.05) is 38.3 Å². The lowest BCUT2D eigenvalue weighted by Gasteiger charge is -2.34. The third kappa shape index (κ3) is 18.0. The third-order valence-corrected chi connectivity index (χ3v) is 13.9. The fourth-order valence-electron chi connectivity index (χ4n) is 9.39. The van der Waals surface area contributed by atoms with Crippen LogP contribution in [-0.4, -0.2) is 189 Å². The highest BCUT2D eigenvalue weighted by molar-refractivity contribution is 5.98. The molecule has 0 radical (unpaired) electrons. The smallest absolute Gasteiger partial charge is 0.248 e. The SMILES string of the molecule is CCCCC/C=C\C/C=C\CCCCCCCC(=O)N[C@H]1C[C@@H](O)[C@H](O)NC(=O)[C@@H]2[C@@H](O)[C@@H](C)CN2C(=O)[C@H]([C@@H](C)O)NC(=O)[C@H]([C@H](O)[C@@H](O)c2ccc(O)cc2)NC(=O)[C@@H]2C[C@@H](O)CN2C(=O)[C@H]([C@@H](C)O)NC1=O. The summed E-state index contributed by atoms with van der Waals surface area (Å²) in [7, 11) is 0. The summed E-state index contributed by atoms with van der Waals surface area (Å²) in [6, 6.07) is -6.61. The molecule has 0 aromatic heterocycles. The van der Waals surface area contributed by atoms with E-state index in [0.717, 1.165) is 74.3 Å². The first kappa shape index (κ1) is 62.0. The maximum absolute atomic E-state index is 14.3. The van der Waals surface area contributed by atoms with Gasteiger partial charge in [0.15, 0.2) is 6.23 Å². The minimum absolute atomic E-state index is 0.0614. The topological polar surface area (TPSA) is 368 Å². The molecule has 420 valence electrons. The number of aliphatic hydroxyl groups excluding tert-OH is 8. The summed E-state index contributed by atoms with van der Waals surface area (Å²) < 4.78 is 0. The second kappa shape index (κ2) is 30.3. The van der Waals surface area contributed by atoms with Crippen molar-refractivity contribution in [3.63, 3.8) is 0 Å². The number of nitrogens with zero attached hydrogens (tertiary/aromatic N) is 2. The molecule has 3 aliphatic rings. The number of carbonyl (C=O) groups excluding carboxylic acids is 7. The summed E-state index contributed by atoms with van der Waals surface area (Å²) in [6.45, 7) is 4.97. The van der Waals surface area contributed by atoms with Gasteiger partial charge in [-0.25, -0.2) is 0 Å². The Morgan fingerprint density at radius 3 is 1.85 bits per heavy atom. The van der Waals surface area contributed by atoms with Crippen LogP contribution < -0.4 is 26.6 Å². The fraction of sp³-hybridized carbons (Fsp3) is 0.673. The first-order valence-corrected chi connectivity index (χ1v) is 26.2. The molecule has 7 amide bonds. The van der Waals surface area contributed by atoms with Gasteiger partial charge < -0.3 is 82.3 Å². The second-order valence-electron chi connectivity index (χ2n) is 20.1.